The van der Waals surface area contributed by atoms with Gasteiger partial charge in [-0.15, -0.1) is 0 Å². The van der Waals surface area contributed by atoms with Crippen LogP contribution in [0.5, 0.6) is 5.75 Å². The molecule has 168 valence electrons. The zero-order valence-electron chi connectivity index (χ0n) is 18.1. The van der Waals surface area contributed by atoms with Crippen molar-refractivity contribution in [2.45, 2.75) is 38.2 Å². The van der Waals surface area contributed by atoms with E-state index in [1.165, 1.54) is 30.3 Å². The molecule has 6 nitrogen and oxygen atoms in total. The molecule has 3 rings (SSSR count). The summed E-state index contributed by atoms with van der Waals surface area (Å²) in [6, 6.07) is 18.1. The lowest BCUT2D eigenvalue weighted by Crippen LogP contribution is -2.32. The summed E-state index contributed by atoms with van der Waals surface area (Å²) in [4.78, 5) is 12.7. The van der Waals surface area contributed by atoms with E-state index in [0.717, 1.165) is 11.1 Å². The number of ether oxygens (including phenoxy) is 1. The lowest BCUT2D eigenvalue weighted by molar-refractivity contribution is -0.122. The van der Waals surface area contributed by atoms with Crippen LogP contribution in [-0.2, 0) is 14.8 Å². The molecule has 0 saturated heterocycles. The third-order valence-corrected chi connectivity index (χ3v) is 6.56. The molecule has 2 N–H and O–H groups in total. The van der Waals surface area contributed by atoms with Crippen molar-refractivity contribution >= 4 is 38.9 Å². The first-order valence-corrected chi connectivity index (χ1v) is 12.0. The van der Waals surface area contributed by atoms with Gasteiger partial charge in [0, 0.05) is 10.7 Å². The summed E-state index contributed by atoms with van der Waals surface area (Å²) in [5, 5.41) is 3.21. The van der Waals surface area contributed by atoms with Gasteiger partial charge >= 0.3 is 0 Å². The van der Waals surface area contributed by atoms with Crippen LogP contribution >= 0.6 is 11.6 Å². The van der Waals surface area contributed by atoms with Crippen LogP contribution in [0.2, 0.25) is 5.02 Å². The Hall–Kier alpha value is -3.03. The number of rotatable bonds is 8. The van der Waals surface area contributed by atoms with E-state index in [1.54, 1.807) is 18.2 Å². The summed E-state index contributed by atoms with van der Waals surface area (Å²) in [6.45, 7) is 5.86. The van der Waals surface area contributed by atoms with E-state index in [0.29, 0.717) is 28.6 Å². The van der Waals surface area contributed by atoms with Gasteiger partial charge in [-0.25, -0.2) is 8.42 Å². The number of carbonyl (C=O) groups excluding carboxylic acids is 1. The zero-order valence-corrected chi connectivity index (χ0v) is 19.6. The molecule has 0 aliphatic heterocycles. The first-order chi connectivity index (χ1) is 15.2. The van der Waals surface area contributed by atoms with Gasteiger partial charge in [-0.3, -0.25) is 9.52 Å². The Morgan fingerprint density at radius 2 is 1.69 bits per heavy atom. The third-order valence-electron chi connectivity index (χ3n) is 4.93. The first kappa shape index (κ1) is 23.6. The molecule has 0 bridgehead atoms. The second-order valence-electron chi connectivity index (χ2n) is 7.39. The summed E-state index contributed by atoms with van der Waals surface area (Å²) in [5.41, 5.74) is 3.07. The molecule has 0 saturated carbocycles. The van der Waals surface area contributed by atoms with Gasteiger partial charge in [0.25, 0.3) is 15.9 Å². The molecule has 8 heteroatoms. The lowest BCUT2D eigenvalue weighted by atomic mass is 10.1. The van der Waals surface area contributed by atoms with Gasteiger partial charge in [0.15, 0.2) is 6.10 Å². The largest absolute Gasteiger partial charge is 0.481 e. The quantitative estimate of drug-likeness (QED) is 0.450. The maximum Gasteiger partial charge on any atom is 0.265 e. The number of carbonyl (C=O) groups is 1. The lowest BCUT2D eigenvalue weighted by Gasteiger charge is -2.18. The number of aryl methyl sites for hydroxylation is 2. The predicted molar refractivity (Wildman–Crippen MR) is 128 cm³/mol. The van der Waals surface area contributed by atoms with E-state index in [1.807, 2.05) is 39.0 Å². The van der Waals surface area contributed by atoms with Crippen molar-refractivity contribution in [3.8, 4) is 5.75 Å². The Bertz CT molecular complexity index is 1210. The fourth-order valence-corrected chi connectivity index (χ4v) is 4.22. The molecule has 0 aromatic heterocycles. The van der Waals surface area contributed by atoms with Crippen LogP contribution < -0.4 is 14.8 Å². The third kappa shape index (κ3) is 6.02. The Morgan fingerprint density at radius 3 is 2.31 bits per heavy atom. The van der Waals surface area contributed by atoms with Crippen LogP contribution in [0.1, 0.15) is 24.5 Å². The highest BCUT2D eigenvalue weighted by molar-refractivity contribution is 7.92. The van der Waals surface area contributed by atoms with Crippen LogP contribution in [0.4, 0.5) is 11.4 Å². The highest BCUT2D eigenvalue weighted by Crippen LogP contribution is 2.22. The van der Waals surface area contributed by atoms with E-state index >= 15 is 0 Å². The number of sulfonamides is 1. The summed E-state index contributed by atoms with van der Waals surface area (Å²) in [7, 11) is -3.79. The van der Waals surface area contributed by atoms with E-state index in [4.69, 9.17) is 16.3 Å². The van der Waals surface area contributed by atoms with Crippen molar-refractivity contribution < 1.29 is 17.9 Å². The SMILES string of the molecule is CCC(Oc1ccc(C)c(C)c1)C(=O)Nc1ccc(S(=O)(=O)Nc2cccc(Cl)c2)cc1. The van der Waals surface area contributed by atoms with Crippen molar-refractivity contribution in [3.05, 3.63) is 82.9 Å². The Balaban J connectivity index is 1.67. The number of hydrogen-bond donors (Lipinski definition) is 2. The van der Waals surface area contributed by atoms with Gasteiger partial charge in [0.05, 0.1) is 10.6 Å². The summed E-state index contributed by atoms with van der Waals surface area (Å²) < 4.78 is 33.5. The summed E-state index contributed by atoms with van der Waals surface area (Å²) >= 11 is 5.91. The molecule has 0 aliphatic rings. The summed E-state index contributed by atoms with van der Waals surface area (Å²) in [5.74, 6) is 0.321. The second-order valence-corrected chi connectivity index (χ2v) is 9.51. The van der Waals surface area contributed by atoms with Crippen molar-refractivity contribution in [1.29, 1.82) is 0 Å². The fourth-order valence-electron chi connectivity index (χ4n) is 2.98. The smallest absolute Gasteiger partial charge is 0.265 e. The second kappa shape index (κ2) is 10.1. The van der Waals surface area contributed by atoms with E-state index < -0.39 is 16.1 Å². The zero-order chi connectivity index (χ0) is 23.3. The molecule has 1 amide bonds. The first-order valence-electron chi connectivity index (χ1n) is 10.1. The molecular weight excluding hydrogens is 448 g/mol. The van der Waals surface area contributed by atoms with E-state index in [-0.39, 0.29) is 10.8 Å². The molecule has 0 aliphatic carbocycles. The fraction of sp³-hybridized carbons (Fsp3) is 0.208. The van der Waals surface area contributed by atoms with Gasteiger partial charge in [-0.1, -0.05) is 30.7 Å². The number of nitrogens with one attached hydrogen (secondary N) is 2. The number of hydrogen-bond acceptors (Lipinski definition) is 4. The Kier molecular flexibility index (Phi) is 7.43. The van der Waals surface area contributed by atoms with Gasteiger partial charge in [0.1, 0.15) is 5.75 Å². The minimum Gasteiger partial charge on any atom is -0.481 e. The van der Waals surface area contributed by atoms with Crippen LogP contribution in [0.3, 0.4) is 0 Å². The standard InChI is InChI=1S/C24H25ClN2O4S/c1-4-23(31-21-11-8-16(2)17(3)14-21)24(28)26-19-9-12-22(13-10-19)32(29,30)27-20-7-5-6-18(25)15-20/h5-15,23,27H,4H2,1-3H3,(H,26,28). The maximum absolute atomic E-state index is 12.7. The average molecular weight is 473 g/mol. The number of anilines is 2. The Morgan fingerprint density at radius 1 is 0.969 bits per heavy atom. The van der Waals surface area contributed by atoms with Gasteiger partial charge in [-0.2, -0.15) is 0 Å². The maximum atomic E-state index is 12.7. The minimum absolute atomic E-state index is 0.0638. The number of amides is 1. The molecule has 0 radical (unpaired) electrons. The molecule has 0 spiro atoms. The topological polar surface area (TPSA) is 84.5 Å². The van der Waals surface area contributed by atoms with E-state index in [9.17, 15) is 13.2 Å². The van der Waals surface area contributed by atoms with Crippen LogP contribution in [0, 0.1) is 13.8 Å². The average Bonchev–Trinajstić information content (AvgIpc) is 2.74. The molecule has 0 fully saturated rings. The van der Waals surface area contributed by atoms with Crippen LogP contribution in [-0.4, -0.2) is 20.4 Å². The molecule has 0 heterocycles. The number of halogens is 1. The summed E-state index contributed by atoms with van der Waals surface area (Å²) in [6.07, 6.45) is -0.195. The van der Waals surface area contributed by atoms with Crippen molar-refractivity contribution in [2.24, 2.45) is 0 Å². The van der Waals surface area contributed by atoms with Crippen molar-refractivity contribution in [2.75, 3.05) is 10.0 Å². The molecule has 3 aromatic rings. The highest BCUT2D eigenvalue weighted by atomic mass is 35.5. The molecule has 1 unspecified atom stereocenters. The molecule has 32 heavy (non-hydrogen) atoms. The van der Waals surface area contributed by atoms with Crippen molar-refractivity contribution in [1.82, 2.24) is 0 Å². The molecular formula is C24H25ClN2O4S. The molecule has 1 atom stereocenters. The van der Waals surface area contributed by atoms with Crippen LogP contribution in [0.15, 0.2) is 71.6 Å². The van der Waals surface area contributed by atoms with Gasteiger partial charge < -0.3 is 10.1 Å². The Labute approximate surface area is 193 Å². The molecule has 3 aromatic carbocycles. The van der Waals surface area contributed by atoms with Crippen LogP contribution in [0.25, 0.3) is 0 Å². The van der Waals surface area contributed by atoms with Gasteiger partial charge in [0.2, 0.25) is 0 Å². The van der Waals surface area contributed by atoms with E-state index in [2.05, 4.69) is 10.0 Å². The van der Waals surface area contributed by atoms with Gasteiger partial charge in [-0.05, 0) is 86.0 Å². The minimum atomic E-state index is -3.79. The monoisotopic (exact) mass is 472 g/mol. The number of benzene rings is 3. The normalized spacial score (nSPS) is 12.1. The van der Waals surface area contributed by atoms with Crippen molar-refractivity contribution in [3.63, 3.8) is 0 Å². The predicted octanol–water partition coefficient (Wildman–Crippen LogP) is 5.55. The highest BCUT2D eigenvalue weighted by Gasteiger charge is 2.20.